The second kappa shape index (κ2) is 6.73. The van der Waals surface area contributed by atoms with Gasteiger partial charge in [0.15, 0.2) is 5.82 Å². The molecule has 1 saturated carbocycles. The lowest BCUT2D eigenvalue weighted by atomic mass is 9.92. The van der Waals surface area contributed by atoms with Gasteiger partial charge >= 0.3 is 0 Å². The molecule has 11 heteroatoms. The first-order valence-corrected chi connectivity index (χ1v) is 7.59. The predicted molar refractivity (Wildman–Crippen MR) is 81.0 cm³/mol. The van der Waals surface area contributed by atoms with Crippen molar-refractivity contribution < 1.29 is 17.6 Å². The van der Waals surface area contributed by atoms with Crippen molar-refractivity contribution in [3.63, 3.8) is 0 Å². The van der Waals surface area contributed by atoms with E-state index in [1.165, 1.54) is 6.20 Å². The van der Waals surface area contributed by atoms with Crippen molar-refractivity contribution >= 4 is 11.9 Å². The molecule has 0 unspecified atom stereocenters. The summed E-state index contributed by atoms with van der Waals surface area (Å²) in [5.41, 5.74) is 5.13. The summed E-state index contributed by atoms with van der Waals surface area (Å²) in [6.45, 7) is 0. The molecule has 2 aromatic rings. The summed E-state index contributed by atoms with van der Waals surface area (Å²) >= 11 is 0. The Labute approximate surface area is 140 Å². The highest BCUT2D eigenvalue weighted by Gasteiger charge is 2.35. The van der Waals surface area contributed by atoms with Crippen LogP contribution in [0, 0.1) is 0 Å². The molecule has 0 aliphatic heterocycles. The smallest absolute Gasteiger partial charge is 0.281 e. The molecule has 0 atom stereocenters. The van der Waals surface area contributed by atoms with Gasteiger partial charge in [0.25, 0.3) is 6.43 Å². The van der Waals surface area contributed by atoms with Crippen LogP contribution in [0.3, 0.4) is 0 Å². The summed E-state index contributed by atoms with van der Waals surface area (Å²) in [6.07, 6.45) is -0.539. The highest BCUT2D eigenvalue weighted by molar-refractivity contribution is 5.52. The first-order chi connectivity index (χ1) is 11.8. The molecule has 0 spiro atoms. The quantitative estimate of drug-likeness (QED) is 0.811. The van der Waals surface area contributed by atoms with Gasteiger partial charge in [-0.25, -0.2) is 22.5 Å². The lowest BCUT2D eigenvalue weighted by molar-refractivity contribution is -0.0361. The van der Waals surface area contributed by atoms with Crippen molar-refractivity contribution in [3.8, 4) is 11.5 Å². The molecule has 25 heavy (non-hydrogen) atoms. The fraction of sp³-hybridized carbons (Fsp3) is 0.500. The van der Waals surface area contributed by atoms with Crippen LogP contribution in [0.15, 0.2) is 12.4 Å². The maximum atomic E-state index is 13.2. The molecular weight excluding hydrogens is 342 g/mol. The molecule has 0 saturated heterocycles. The summed E-state index contributed by atoms with van der Waals surface area (Å²) in [4.78, 5) is 19.3. The van der Waals surface area contributed by atoms with Gasteiger partial charge in [-0.05, 0) is 12.8 Å². The number of nitrogens with two attached hydrogens (primary N) is 1. The zero-order valence-corrected chi connectivity index (χ0v) is 13.0. The second-order valence-electron chi connectivity index (χ2n) is 5.75. The number of alkyl halides is 4. The Hall–Kier alpha value is -2.59. The van der Waals surface area contributed by atoms with Crippen molar-refractivity contribution in [3.05, 3.63) is 18.1 Å². The van der Waals surface area contributed by atoms with E-state index in [0.717, 1.165) is 6.20 Å². The third-order valence-corrected chi connectivity index (χ3v) is 3.81. The summed E-state index contributed by atoms with van der Waals surface area (Å²) in [5, 5.41) is 2.94. The van der Waals surface area contributed by atoms with Crippen LogP contribution in [-0.4, -0.2) is 36.9 Å². The molecule has 3 rings (SSSR count). The summed E-state index contributed by atoms with van der Waals surface area (Å²) in [6, 6.07) is -0.229. The number of nitrogens with one attached hydrogen (secondary N) is 1. The van der Waals surface area contributed by atoms with Crippen LogP contribution in [-0.2, 0) is 0 Å². The van der Waals surface area contributed by atoms with E-state index >= 15 is 0 Å². The molecule has 3 N–H and O–H groups in total. The first kappa shape index (κ1) is 17.2. The van der Waals surface area contributed by atoms with Crippen molar-refractivity contribution in [1.82, 2.24) is 24.9 Å². The average Bonchev–Trinajstić information content (AvgIpc) is 2.56. The topological polar surface area (TPSA) is 102 Å². The van der Waals surface area contributed by atoms with Gasteiger partial charge in [0.1, 0.15) is 11.4 Å². The molecule has 1 fully saturated rings. The van der Waals surface area contributed by atoms with Crippen molar-refractivity contribution in [2.24, 2.45) is 0 Å². The van der Waals surface area contributed by atoms with Crippen LogP contribution in [0.2, 0.25) is 0 Å². The van der Waals surface area contributed by atoms with Gasteiger partial charge in [-0.1, -0.05) is 0 Å². The SMILES string of the molecule is Nc1nc(NC2CCC(F)(F)CC2)nc(-c2cncc(C(F)F)n2)n1. The fourth-order valence-corrected chi connectivity index (χ4v) is 2.53. The molecule has 0 bridgehead atoms. The number of aromatic nitrogens is 5. The highest BCUT2D eigenvalue weighted by atomic mass is 19.3. The second-order valence-corrected chi connectivity index (χ2v) is 5.75. The number of halogens is 4. The molecule has 134 valence electrons. The standard InChI is InChI=1S/C14H15F4N7/c15-10(16)8-5-20-6-9(22-8)11-23-12(19)25-13(24-11)21-7-1-3-14(17,18)4-2-7/h5-7,10H,1-4H2,(H3,19,21,23,24,25). The van der Waals surface area contributed by atoms with Gasteiger partial charge < -0.3 is 11.1 Å². The number of hydrogen-bond acceptors (Lipinski definition) is 7. The summed E-state index contributed by atoms with van der Waals surface area (Å²) < 4.78 is 51.9. The minimum Gasteiger partial charge on any atom is -0.368 e. The van der Waals surface area contributed by atoms with Gasteiger partial charge in [-0.15, -0.1) is 0 Å². The molecule has 2 heterocycles. The van der Waals surface area contributed by atoms with Gasteiger partial charge in [0, 0.05) is 18.9 Å². The Bertz CT molecular complexity index is 746. The number of hydrogen-bond donors (Lipinski definition) is 2. The number of anilines is 2. The molecule has 0 amide bonds. The van der Waals surface area contributed by atoms with Crippen LogP contribution in [0.4, 0.5) is 29.5 Å². The Morgan fingerprint density at radius 3 is 2.48 bits per heavy atom. The van der Waals surface area contributed by atoms with E-state index in [9.17, 15) is 17.6 Å². The van der Waals surface area contributed by atoms with Crippen LogP contribution < -0.4 is 11.1 Å². The zero-order chi connectivity index (χ0) is 18.0. The van der Waals surface area contributed by atoms with E-state index in [0.29, 0.717) is 0 Å². The predicted octanol–water partition coefficient (Wildman–Crippen LogP) is 2.84. The Morgan fingerprint density at radius 1 is 1.08 bits per heavy atom. The molecule has 0 aromatic carbocycles. The van der Waals surface area contributed by atoms with Gasteiger partial charge in [-0.2, -0.15) is 15.0 Å². The normalized spacial score (nSPS) is 17.6. The number of nitrogens with zero attached hydrogens (tertiary/aromatic N) is 5. The van der Waals surface area contributed by atoms with Gasteiger partial charge in [-0.3, -0.25) is 4.98 Å². The van der Waals surface area contributed by atoms with Crippen LogP contribution in [0.25, 0.3) is 11.5 Å². The average molecular weight is 357 g/mol. The van der Waals surface area contributed by atoms with Gasteiger partial charge in [0.2, 0.25) is 17.8 Å². The van der Waals surface area contributed by atoms with Crippen LogP contribution in [0.5, 0.6) is 0 Å². The van der Waals surface area contributed by atoms with Gasteiger partial charge in [0.05, 0.1) is 12.4 Å². The molecule has 7 nitrogen and oxygen atoms in total. The molecule has 0 radical (unpaired) electrons. The maximum absolute atomic E-state index is 13.2. The van der Waals surface area contributed by atoms with Crippen molar-refractivity contribution in [1.29, 1.82) is 0 Å². The minimum atomic E-state index is -2.78. The van der Waals surface area contributed by atoms with E-state index in [-0.39, 0.29) is 55.1 Å². The van der Waals surface area contributed by atoms with E-state index in [4.69, 9.17) is 5.73 Å². The third-order valence-electron chi connectivity index (χ3n) is 3.81. The fourth-order valence-electron chi connectivity index (χ4n) is 2.53. The lowest BCUT2D eigenvalue weighted by Crippen LogP contribution is -2.32. The molecular formula is C14H15F4N7. The first-order valence-electron chi connectivity index (χ1n) is 7.59. The van der Waals surface area contributed by atoms with E-state index in [2.05, 4.69) is 30.2 Å². The largest absolute Gasteiger partial charge is 0.368 e. The van der Waals surface area contributed by atoms with E-state index < -0.39 is 18.0 Å². The Kier molecular flexibility index (Phi) is 4.64. The van der Waals surface area contributed by atoms with Crippen LogP contribution >= 0.6 is 0 Å². The van der Waals surface area contributed by atoms with Crippen LogP contribution in [0.1, 0.15) is 37.8 Å². The Morgan fingerprint density at radius 2 is 1.80 bits per heavy atom. The third kappa shape index (κ3) is 4.28. The number of rotatable bonds is 4. The molecule has 2 aromatic heterocycles. The lowest BCUT2D eigenvalue weighted by Gasteiger charge is -2.28. The summed E-state index contributed by atoms with van der Waals surface area (Å²) in [7, 11) is 0. The van der Waals surface area contributed by atoms with E-state index in [1.807, 2.05) is 0 Å². The monoisotopic (exact) mass is 357 g/mol. The minimum absolute atomic E-state index is 0.0186. The maximum Gasteiger partial charge on any atom is 0.281 e. The summed E-state index contributed by atoms with van der Waals surface area (Å²) in [5.74, 6) is -2.72. The molecule has 1 aliphatic carbocycles. The number of nitrogen functional groups attached to an aromatic ring is 1. The van der Waals surface area contributed by atoms with Crippen molar-refractivity contribution in [2.45, 2.75) is 44.1 Å². The molecule has 1 aliphatic rings. The highest BCUT2D eigenvalue weighted by Crippen LogP contribution is 2.34. The Balaban J connectivity index is 1.80. The zero-order valence-electron chi connectivity index (χ0n) is 13.0. The van der Waals surface area contributed by atoms with E-state index in [1.54, 1.807) is 0 Å². The van der Waals surface area contributed by atoms with Crippen molar-refractivity contribution in [2.75, 3.05) is 11.1 Å².